The number of amides is 1. The molecule has 1 saturated heterocycles. The van der Waals surface area contributed by atoms with Crippen molar-refractivity contribution in [3.63, 3.8) is 0 Å². The Morgan fingerprint density at radius 1 is 1.44 bits per heavy atom. The van der Waals surface area contributed by atoms with Gasteiger partial charge in [-0.25, -0.2) is 0 Å². The van der Waals surface area contributed by atoms with Gasteiger partial charge >= 0.3 is 6.61 Å². The highest BCUT2D eigenvalue weighted by Crippen LogP contribution is 2.39. The van der Waals surface area contributed by atoms with Crippen LogP contribution in [0.3, 0.4) is 0 Å². The molecule has 2 aliphatic heterocycles. The van der Waals surface area contributed by atoms with Crippen LogP contribution in [0.5, 0.6) is 17.2 Å². The zero-order valence-electron chi connectivity index (χ0n) is 13.4. The SMILES string of the molecule is CN(Cc1cc2c(cc1OC(F)F)OCO2)C(=O)C1CC(O)CN1.Cl. The Kier molecular flexibility index (Phi) is 6.26. The molecular formula is C15H19ClF2N2O5. The van der Waals surface area contributed by atoms with Crippen molar-refractivity contribution in [1.82, 2.24) is 10.2 Å². The molecule has 0 spiro atoms. The summed E-state index contributed by atoms with van der Waals surface area (Å²) in [4.78, 5) is 13.8. The molecule has 2 heterocycles. The number of aliphatic hydroxyl groups excluding tert-OH is 1. The van der Waals surface area contributed by atoms with Crippen molar-refractivity contribution in [2.45, 2.75) is 31.7 Å². The van der Waals surface area contributed by atoms with Gasteiger partial charge in [-0.2, -0.15) is 8.78 Å². The van der Waals surface area contributed by atoms with Gasteiger partial charge in [0, 0.05) is 31.8 Å². The summed E-state index contributed by atoms with van der Waals surface area (Å²) < 4.78 is 40.2. The smallest absolute Gasteiger partial charge is 0.387 e. The number of carbonyl (C=O) groups excluding carboxylic acids is 1. The highest BCUT2D eigenvalue weighted by molar-refractivity contribution is 5.85. The number of nitrogens with zero attached hydrogens (tertiary/aromatic N) is 1. The van der Waals surface area contributed by atoms with Crippen molar-refractivity contribution in [3.8, 4) is 17.2 Å². The fourth-order valence-corrected chi connectivity index (χ4v) is 2.80. The van der Waals surface area contributed by atoms with Gasteiger partial charge in [-0.05, 0) is 12.5 Å². The summed E-state index contributed by atoms with van der Waals surface area (Å²) in [6, 6.07) is 2.37. The Morgan fingerprint density at radius 3 is 2.72 bits per heavy atom. The van der Waals surface area contributed by atoms with Gasteiger partial charge in [0.05, 0.1) is 12.1 Å². The normalized spacial score (nSPS) is 21.2. The van der Waals surface area contributed by atoms with Crippen molar-refractivity contribution >= 4 is 18.3 Å². The first kappa shape index (κ1) is 19.5. The summed E-state index contributed by atoms with van der Waals surface area (Å²) in [6.07, 6.45) is -0.235. The fraction of sp³-hybridized carbons (Fsp3) is 0.533. The Labute approximate surface area is 149 Å². The van der Waals surface area contributed by atoms with Gasteiger partial charge in [-0.1, -0.05) is 0 Å². The van der Waals surface area contributed by atoms with Crippen molar-refractivity contribution in [2.24, 2.45) is 0 Å². The number of nitrogens with one attached hydrogen (secondary N) is 1. The summed E-state index contributed by atoms with van der Waals surface area (Å²) in [5.41, 5.74) is 0.383. The van der Waals surface area contributed by atoms with Crippen LogP contribution in [-0.4, -0.2) is 55.1 Å². The third-order valence-corrected chi connectivity index (χ3v) is 3.96. The lowest BCUT2D eigenvalue weighted by Crippen LogP contribution is -2.41. The number of likely N-dealkylation sites (N-methyl/N-ethyl adjacent to an activating group) is 1. The van der Waals surface area contributed by atoms with Crippen LogP contribution in [-0.2, 0) is 11.3 Å². The molecule has 2 aliphatic rings. The van der Waals surface area contributed by atoms with E-state index in [1.165, 1.54) is 17.0 Å². The first-order valence-corrected chi connectivity index (χ1v) is 7.48. The molecule has 1 aromatic carbocycles. The maximum Gasteiger partial charge on any atom is 0.387 e. The average molecular weight is 381 g/mol. The first-order valence-electron chi connectivity index (χ1n) is 7.48. The van der Waals surface area contributed by atoms with E-state index in [0.717, 1.165) is 0 Å². The minimum Gasteiger partial charge on any atom is -0.454 e. The van der Waals surface area contributed by atoms with Crippen molar-refractivity contribution < 1.29 is 32.9 Å². The molecule has 0 saturated carbocycles. The molecule has 1 amide bonds. The number of benzene rings is 1. The van der Waals surface area contributed by atoms with Crippen molar-refractivity contribution in [3.05, 3.63) is 17.7 Å². The largest absolute Gasteiger partial charge is 0.454 e. The average Bonchev–Trinajstić information content (AvgIpc) is 3.14. The van der Waals surface area contributed by atoms with Crippen LogP contribution in [0.4, 0.5) is 8.78 Å². The molecule has 2 unspecified atom stereocenters. The summed E-state index contributed by atoms with van der Waals surface area (Å²) in [5, 5.41) is 12.4. The first-order chi connectivity index (χ1) is 11.4. The predicted molar refractivity (Wildman–Crippen MR) is 85.3 cm³/mol. The Balaban J connectivity index is 0.00000225. The molecule has 3 rings (SSSR count). The summed E-state index contributed by atoms with van der Waals surface area (Å²) >= 11 is 0. The van der Waals surface area contributed by atoms with Crippen LogP contribution in [0.2, 0.25) is 0 Å². The van der Waals surface area contributed by atoms with Crippen LogP contribution in [0.25, 0.3) is 0 Å². The molecule has 7 nitrogen and oxygen atoms in total. The Bertz CT molecular complexity index is 634. The minimum absolute atomic E-state index is 0. The summed E-state index contributed by atoms with van der Waals surface area (Å²) in [6.45, 7) is -2.57. The number of halogens is 3. The highest BCUT2D eigenvalue weighted by atomic mass is 35.5. The van der Waals surface area contributed by atoms with Crippen LogP contribution < -0.4 is 19.5 Å². The number of carbonyl (C=O) groups is 1. The van der Waals surface area contributed by atoms with Gasteiger partial charge in [0.15, 0.2) is 11.5 Å². The second-order valence-corrected chi connectivity index (χ2v) is 5.74. The van der Waals surface area contributed by atoms with E-state index < -0.39 is 18.8 Å². The van der Waals surface area contributed by atoms with E-state index in [4.69, 9.17) is 9.47 Å². The lowest BCUT2D eigenvalue weighted by Gasteiger charge is -2.22. The van der Waals surface area contributed by atoms with Crippen LogP contribution in [0, 0.1) is 0 Å². The maximum atomic E-state index is 12.6. The highest BCUT2D eigenvalue weighted by Gasteiger charge is 2.31. The van der Waals surface area contributed by atoms with Gasteiger partial charge in [0.1, 0.15) is 5.75 Å². The van der Waals surface area contributed by atoms with E-state index >= 15 is 0 Å². The third kappa shape index (κ3) is 4.42. The maximum absolute atomic E-state index is 12.6. The molecule has 0 bridgehead atoms. The number of hydrogen-bond acceptors (Lipinski definition) is 6. The molecule has 2 atom stereocenters. The van der Waals surface area contributed by atoms with Gasteiger partial charge in [-0.3, -0.25) is 4.79 Å². The minimum atomic E-state index is -2.99. The molecule has 10 heteroatoms. The van der Waals surface area contributed by atoms with Crippen LogP contribution >= 0.6 is 12.4 Å². The number of hydrogen-bond donors (Lipinski definition) is 2. The van der Waals surface area contributed by atoms with E-state index in [-0.39, 0.29) is 37.4 Å². The van der Waals surface area contributed by atoms with Crippen LogP contribution in [0.1, 0.15) is 12.0 Å². The van der Waals surface area contributed by atoms with E-state index in [0.29, 0.717) is 30.0 Å². The molecule has 2 N–H and O–H groups in total. The summed E-state index contributed by atoms with van der Waals surface area (Å²) in [5.74, 6) is 0.450. The molecule has 140 valence electrons. The van der Waals surface area contributed by atoms with E-state index in [2.05, 4.69) is 10.1 Å². The second-order valence-electron chi connectivity index (χ2n) is 5.74. The monoisotopic (exact) mass is 380 g/mol. The van der Waals surface area contributed by atoms with Crippen molar-refractivity contribution in [1.29, 1.82) is 0 Å². The lowest BCUT2D eigenvalue weighted by molar-refractivity contribution is -0.132. The number of aliphatic hydroxyl groups is 1. The quantitative estimate of drug-likeness (QED) is 0.797. The molecule has 1 fully saturated rings. The number of β-amino-alcohol motifs (C(OH)–C–C–N with tert-alkyl or cyclic N) is 1. The molecule has 25 heavy (non-hydrogen) atoms. The number of rotatable bonds is 5. The summed E-state index contributed by atoms with van der Waals surface area (Å²) in [7, 11) is 1.56. The lowest BCUT2D eigenvalue weighted by atomic mass is 10.1. The molecule has 0 aromatic heterocycles. The van der Waals surface area contributed by atoms with E-state index in [1.54, 1.807) is 7.05 Å². The van der Waals surface area contributed by atoms with Crippen molar-refractivity contribution in [2.75, 3.05) is 20.4 Å². The Morgan fingerprint density at radius 2 is 2.12 bits per heavy atom. The van der Waals surface area contributed by atoms with Gasteiger partial charge < -0.3 is 29.5 Å². The molecular weight excluding hydrogens is 362 g/mol. The van der Waals surface area contributed by atoms with Gasteiger partial charge in [0.25, 0.3) is 0 Å². The molecule has 1 aromatic rings. The predicted octanol–water partition coefficient (Wildman–Crippen LogP) is 1.12. The standard InChI is InChI=1S/C15H18F2N2O5.ClH/c1-19(14(21)10-3-9(20)5-18-10)6-8-2-12-13(23-7-22-12)4-11(8)24-15(16)17;/h2,4,9-10,15,18,20H,3,5-7H2,1H3;1H. The fourth-order valence-electron chi connectivity index (χ4n) is 2.80. The number of alkyl halides is 2. The number of fused-ring (bicyclic) bond motifs is 1. The van der Waals surface area contributed by atoms with E-state index in [9.17, 15) is 18.7 Å². The second kappa shape index (κ2) is 8.03. The zero-order chi connectivity index (χ0) is 17.3. The zero-order valence-corrected chi connectivity index (χ0v) is 14.2. The molecule has 0 radical (unpaired) electrons. The van der Waals surface area contributed by atoms with Crippen LogP contribution in [0.15, 0.2) is 12.1 Å². The van der Waals surface area contributed by atoms with Gasteiger partial charge in [-0.15, -0.1) is 12.4 Å². The third-order valence-electron chi connectivity index (χ3n) is 3.96. The van der Waals surface area contributed by atoms with Gasteiger partial charge in [0.2, 0.25) is 12.7 Å². The number of ether oxygens (including phenoxy) is 3. The van der Waals surface area contributed by atoms with E-state index in [1.807, 2.05) is 0 Å². The molecule has 0 aliphatic carbocycles. The topological polar surface area (TPSA) is 80.3 Å². The Hall–Kier alpha value is -1.84.